The quantitative estimate of drug-likeness (QED) is 0.490. The predicted molar refractivity (Wildman–Crippen MR) is 152 cm³/mol. The highest BCUT2D eigenvalue weighted by atomic mass is 32.2. The Morgan fingerprint density at radius 3 is 1.55 bits per heavy atom. The number of carbonyl (C=O) groups excluding carboxylic acids is 2. The van der Waals surface area contributed by atoms with Crippen LogP contribution in [0.25, 0.3) is 0 Å². The molecule has 2 aromatic rings. The van der Waals surface area contributed by atoms with Gasteiger partial charge in [-0.25, -0.2) is 23.0 Å². The molecule has 2 rings (SSSR count). The minimum atomic E-state index is -2.92. The molecule has 0 aromatic carbocycles. The van der Waals surface area contributed by atoms with Gasteiger partial charge in [-0.2, -0.15) is 5.26 Å². The third-order valence-electron chi connectivity index (χ3n) is 4.61. The average molecular weight is 595 g/mol. The SMILES string of the molecule is CCS(=O)(=NC(=O)OC(C)(C)C)c1ccc(C#N)nc1.CCS(=O)(=NC(=O)OC(C)(C)C)c1ccc(CN)nc1. The summed E-state index contributed by atoms with van der Waals surface area (Å²) in [6, 6.07) is 8.11. The van der Waals surface area contributed by atoms with Crippen LogP contribution < -0.4 is 5.73 Å². The molecule has 0 saturated carbocycles. The summed E-state index contributed by atoms with van der Waals surface area (Å²) in [7, 11) is -5.78. The van der Waals surface area contributed by atoms with Gasteiger partial charge in [-0.3, -0.25) is 4.98 Å². The van der Waals surface area contributed by atoms with Crippen molar-refractivity contribution in [1.29, 1.82) is 5.26 Å². The third-order valence-corrected chi connectivity index (χ3v) is 9.02. The smallest absolute Gasteiger partial charge is 0.442 e. The molecule has 2 unspecified atom stereocenters. The van der Waals surface area contributed by atoms with Crippen molar-refractivity contribution < 1.29 is 27.5 Å². The lowest BCUT2D eigenvalue weighted by Gasteiger charge is -2.18. The normalized spacial score (nSPS) is 14.2. The molecular weight excluding hydrogens is 556 g/mol. The molecule has 2 atom stereocenters. The molecular formula is C26H38N6O6S2. The summed E-state index contributed by atoms with van der Waals surface area (Å²) >= 11 is 0. The number of hydrogen-bond acceptors (Lipinski definition) is 10. The molecule has 0 radical (unpaired) electrons. The molecule has 2 heterocycles. The van der Waals surface area contributed by atoms with Crippen LogP contribution in [0.4, 0.5) is 9.59 Å². The number of nitrogens with two attached hydrogens (primary N) is 1. The van der Waals surface area contributed by atoms with Crippen LogP contribution in [0.5, 0.6) is 0 Å². The lowest BCUT2D eigenvalue weighted by atomic mass is 10.2. The molecule has 2 aromatic heterocycles. The second-order valence-electron chi connectivity index (χ2n) is 10.2. The van der Waals surface area contributed by atoms with Gasteiger partial charge in [0, 0.05) is 30.4 Å². The van der Waals surface area contributed by atoms with Gasteiger partial charge in [-0.15, -0.1) is 8.73 Å². The van der Waals surface area contributed by atoms with Crippen LogP contribution in [-0.2, 0) is 35.5 Å². The largest absolute Gasteiger partial charge is 0.442 e. The van der Waals surface area contributed by atoms with E-state index in [1.165, 1.54) is 24.5 Å². The Labute approximate surface area is 237 Å². The highest BCUT2D eigenvalue weighted by Gasteiger charge is 2.21. The Balaban J connectivity index is 0.000000400. The van der Waals surface area contributed by atoms with Crippen LogP contribution in [0, 0.1) is 11.3 Å². The van der Waals surface area contributed by atoms with Crippen molar-refractivity contribution in [2.24, 2.45) is 14.5 Å². The van der Waals surface area contributed by atoms with E-state index in [0.29, 0.717) is 22.0 Å². The van der Waals surface area contributed by atoms with E-state index in [0.717, 1.165) is 0 Å². The number of rotatable bonds is 5. The van der Waals surface area contributed by atoms with Crippen LogP contribution in [0.15, 0.2) is 55.2 Å². The first kappa shape index (κ1) is 34.6. The van der Waals surface area contributed by atoms with Gasteiger partial charge in [-0.1, -0.05) is 13.8 Å². The molecule has 0 fully saturated rings. The molecule has 2 amide bonds. The molecule has 2 N–H and O–H groups in total. The zero-order valence-electron chi connectivity index (χ0n) is 24.2. The van der Waals surface area contributed by atoms with Gasteiger partial charge in [0.1, 0.15) is 23.0 Å². The number of nitriles is 1. The van der Waals surface area contributed by atoms with Gasteiger partial charge in [-0.05, 0) is 65.8 Å². The van der Waals surface area contributed by atoms with E-state index in [1.54, 1.807) is 67.5 Å². The highest BCUT2D eigenvalue weighted by molar-refractivity contribution is 7.94. The minimum Gasteiger partial charge on any atom is -0.442 e. The highest BCUT2D eigenvalue weighted by Crippen LogP contribution is 2.17. The topological polar surface area (TPSA) is 187 Å². The lowest BCUT2D eigenvalue weighted by molar-refractivity contribution is 0.0595. The Morgan fingerprint density at radius 1 is 0.850 bits per heavy atom. The van der Waals surface area contributed by atoms with Gasteiger partial charge in [0.2, 0.25) is 0 Å². The second-order valence-corrected chi connectivity index (χ2v) is 15.2. The number of ether oxygens (including phenoxy) is 2. The van der Waals surface area contributed by atoms with Gasteiger partial charge < -0.3 is 15.2 Å². The molecule has 0 bridgehead atoms. The fourth-order valence-electron chi connectivity index (χ4n) is 2.73. The summed E-state index contributed by atoms with van der Waals surface area (Å²) in [6.45, 7) is 14.0. The number of aromatic nitrogens is 2. The van der Waals surface area contributed by atoms with Gasteiger partial charge >= 0.3 is 12.2 Å². The fraction of sp³-hybridized carbons (Fsp3) is 0.500. The maximum absolute atomic E-state index is 12.7. The maximum atomic E-state index is 12.7. The Morgan fingerprint density at radius 2 is 1.27 bits per heavy atom. The van der Waals surface area contributed by atoms with E-state index in [2.05, 4.69) is 18.7 Å². The van der Waals surface area contributed by atoms with Crippen LogP contribution in [-0.4, -0.2) is 53.3 Å². The summed E-state index contributed by atoms with van der Waals surface area (Å²) in [5, 5.41) is 8.68. The van der Waals surface area contributed by atoms with E-state index in [-0.39, 0.29) is 17.2 Å². The predicted octanol–water partition coefficient (Wildman–Crippen LogP) is 5.06. The van der Waals surface area contributed by atoms with Gasteiger partial charge in [0.05, 0.1) is 34.9 Å². The summed E-state index contributed by atoms with van der Waals surface area (Å²) < 4.78 is 42.9. The molecule has 0 aliphatic heterocycles. The van der Waals surface area contributed by atoms with Crippen molar-refractivity contribution in [1.82, 2.24) is 9.97 Å². The van der Waals surface area contributed by atoms with E-state index >= 15 is 0 Å². The molecule has 40 heavy (non-hydrogen) atoms. The van der Waals surface area contributed by atoms with Crippen LogP contribution in [0.3, 0.4) is 0 Å². The Hall–Kier alpha value is -3.41. The molecule has 0 spiro atoms. The molecule has 14 heteroatoms. The van der Waals surface area contributed by atoms with E-state index < -0.39 is 42.8 Å². The van der Waals surface area contributed by atoms with E-state index in [9.17, 15) is 18.0 Å². The molecule has 0 aliphatic rings. The van der Waals surface area contributed by atoms with Gasteiger partial charge in [0.15, 0.2) is 0 Å². The zero-order valence-corrected chi connectivity index (χ0v) is 25.8. The average Bonchev–Trinajstić information content (AvgIpc) is 2.86. The Bertz CT molecular complexity index is 1450. The molecule has 220 valence electrons. The standard InChI is InChI=1S/C13H21N3O3S.C13H17N3O3S/c2*1-5-20(18,16-12(17)19-13(2,3)4)11-7-6-10(8-14)15-9-11/h6-7,9H,5,8,14H2,1-4H3;6-7,9H,5H2,1-4H3. The van der Waals surface area contributed by atoms with Crippen molar-refractivity contribution in [3.63, 3.8) is 0 Å². The van der Waals surface area contributed by atoms with Crippen molar-refractivity contribution in [3.8, 4) is 6.07 Å². The van der Waals surface area contributed by atoms with E-state index in [4.69, 9.17) is 20.5 Å². The third kappa shape index (κ3) is 11.4. The summed E-state index contributed by atoms with van der Waals surface area (Å²) in [5.74, 6) is 0.357. The molecule has 12 nitrogen and oxygen atoms in total. The zero-order chi connectivity index (χ0) is 30.8. The number of hydrogen-bond donors (Lipinski definition) is 1. The fourth-order valence-corrected chi connectivity index (χ4v) is 5.41. The van der Waals surface area contributed by atoms with Crippen molar-refractivity contribution in [2.45, 2.75) is 82.9 Å². The summed E-state index contributed by atoms with van der Waals surface area (Å²) in [6.07, 6.45) is 1.06. The van der Waals surface area contributed by atoms with Crippen LogP contribution >= 0.6 is 0 Å². The van der Waals surface area contributed by atoms with Crippen LogP contribution in [0.2, 0.25) is 0 Å². The molecule has 0 saturated heterocycles. The first-order valence-electron chi connectivity index (χ1n) is 12.4. The minimum absolute atomic E-state index is 0.153. The number of nitrogens with zero attached hydrogens (tertiary/aromatic N) is 5. The van der Waals surface area contributed by atoms with Crippen molar-refractivity contribution in [3.05, 3.63) is 48.0 Å². The summed E-state index contributed by atoms with van der Waals surface area (Å²) in [4.78, 5) is 32.0. The number of amides is 2. The van der Waals surface area contributed by atoms with Crippen molar-refractivity contribution in [2.75, 3.05) is 11.5 Å². The number of pyridine rings is 2. The molecule has 0 aliphatic carbocycles. The maximum Gasteiger partial charge on any atom is 0.442 e. The monoisotopic (exact) mass is 594 g/mol. The Kier molecular flexibility index (Phi) is 12.4. The second kappa shape index (κ2) is 14.3. The summed E-state index contributed by atoms with van der Waals surface area (Å²) in [5.41, 5.74) is 4.99. The van der Waals surface area contributed by atoms with Crippen molar-refractivity contribution >= 4 is 31.6 Å². The first-order chi connectivity index (χ1) is 18.4. The van der Waals surface area contributed by atoms with E-state index in [1.807, 2.05) is 6.07 Å². The van der Waals surface area contributed by atoms with Gasteiger partial charge in [0.25, 0.3) is 0 Å². The van der Waals surface area contributed by atoms with Crippen LogP contribution in [0.1, 0.15) is 66.8 Å². The lowest BCUT2D eigenvalue weighted by Crippen LogP contribution is -2.23. The first-order valence-corrected chi connectivity index (χ1v) is 15.7. The number of carbonyl (C=O) groups is 2.